The second kappa shape index (κ2) is 9.67. The number of nitrogens with zero attached hydrogens (tertiary/aromatic N) is 4. The van der Waals surface area contributed by atoms with Gasteiger partial charge in [-0.3, -0.25) is 14.8 Å². The zero-order valence-corrected chi connectivity index (χ0v) is 14.6. The lowest BCUT2D eigenvalue weighted by atomic mass is 10.1. The van der Waals surface area contributed by atoms with Crippen LogP contribution in [0.2, 0.25) is 0 Å². The van der Waals surface area contributed by atoms with Gasteiger partial charge in [0.1, 0.15) is 5.75 Å². The van der Waals surface area contributed by atoms with E-state index in [-0.39, 0.29) is 18.9 Å². The number of aliphatic hydroxyl groups is 1. The van der Waals surface area contributed by atoms with Crippen molar-refractivity contribution in [1.29, 1.82) is 0 Å². The standard InChI is InChI=1S/C17H26N4O3/c1-13(18-3)9-20(4)6-5-7-21(12-23)10-16-15(11-22)8-19-14(2)17(16)24/h8-9,12,22,24H,3,5-7,10-11H2,1-2,4H3/b13-9-. The summed E-state index contributed by atoms with van der Waals surface area (Å²) in [7, 11) is 1.93. The molecule has 1 aromatic rings. The number of carbonyl (C=O) groups excluding carboxylic acids is 1. The maximum Gasteiger partial charge on any atom is 0.210 e. The number of aryl methyl sites for hydroxylation is 1. The Morgan fingerprint density at radius 3 is 2.75 bits per heavy atom. The smallest absolute Gasteiger partial charge is 0.210 e. The van der Waals surface area contributed by atoms with Gasteiger partial charge in [-0.15, -0.1) is 0 Å². The molecule has 1 rings (SSSR count). The van der Waals surface area contributed by atoms with Crippen LogP contribution in [0.15, 0.2) is 23.1 Å². The third kappa shape index (κ3) is 5.66. The summed E-state index contributed by atoms with van der Waals surface area (Å²) in [6.45, 7) is 8.31. The molecule has 0 unspecified atom stereocenters. The summed E-state index contributed by atoms with van der Waals surface area (Å²) in [6.07, 6.45) is 4.93. The highest BCUT2D eigenvalue weighted by Gasteiger charge is 2.14. The number of amides is 1. The molecule has 1 aromatic heterocycles. The summed E-state index contributed by atoms with van der Waals surface area (Å²) in [4.78, 5) is 22.7. The average Bonchev–Trinajstić information content (AvgIpc) is 2.57. The first-order valence-electron chi connectivity index (χ1n) is 7.74. The summed E-state index contributed by atoms with van der Waals surface area (Å²) in [6, 6.07) is 0. The second-order valence-corrected chi connectivity index (χ2v) is 5.69. The highest BCUT2D eigenvalue weighted by molar-refractivity contribution is 5.49. The van der Waals surface area contributed by atoms with Crippen LogP contribution in [0, 0.1) is 6.92 Å². The summed E-state index contributed by atoms with van der Waals surface area (Å²) >= 11 is 0. The molecule has 132 valence electrons. The molecule has 0 fully saturated rings. The highest BCUT2D eigenvalue weighted by atomic mass is 16.3. The summed E-state index contributed by atoms with van der Waals surface area (Å²) in [5.41, 5.74) is 2.37. The van der Waals surface area contributed by atoms with Gasteiger partial charge < -0.3 is 20.0 Å². The minimum absolute atomic E-state index is 0.0288. The van der Waals surface area contributed by atoms with E-state index in [1.807, 2.05) is 25.1 Å². The van der Waals surface area contributed by atoms with E-state index in [9.17, 15) is 15.0 Å². The zero-order valence-electron chi connectivity index (χ0n) is 14.6. The molecular formula is C17H26N4O3. The molecule has 0 aliphatic heterocycles. The third-order valence-corrected chi connectivity index (χ3v) is 3.72. The van der Waals surface area contributed by atoms with Crippen molar-refractivity contribution >= 4 is 13.1 Å². The molecule has 0 aliphatic rings. The molecule has 2 N–H and O–H groups in total. The molecular weight excluding hydrogens is 308 g/mol. The van der Waals surface area contributed by atoms with Crippen LogP contribution < -0.4 is 0 Å². The largest absolute Gasteiger partial charge is 0.506 e. The topological polar surface area (TPSA) is 89.3 Å². The minimum Gasteiger partial charge on any atom is -0.506 e. The Labute approximate surface area is 143 Å². The number of rotatable bonds is 10. The molecule has 0 aromatic carbocycles. The predicted octanol–water partition coefficient (Wildman–Crippen LogP) is 1.43. The number of aliphatic imine (C=N–C) groups is 1. The van der Waals surface area contributed by atoms with Crippen molar-refractivity contribution in [2.75, 3.05) is 20.1 Å². The third-order valence-electron chi connectivity index (χ3n) is 3.72. The quantitative estimate of drug-likeness (QED) is 0.499. The average molecular weight is 334 g/mol. The van der Waals surface area contributed by atoms with Crippen molar-refractivity contribution in [3.8, 4) is 5.75 Å². The van der Waals surface area contributed by atoms with Gasteiger partial charge in [-0.1, -0.05) is 0 Å². The predicted molar refractivity (Wildman–Crippen MR) is 93.6 cm³/mol. The first-order chi connectivity index (χ1) is 11.4. The Morgan fingerprint density at radius 2 is 2.17 bits per heavy atom. The van der Waals surface area contributed by atoms with Gasteiger partial charge in [-0.05, 0) is 27.0 Å². The van der Waals surface area contributed by atoms with Crippen LogP contribution in [0.3, 0.4) is 0 Å². The van der Waals surface area contributed by atoms with Crippen molar-refractivity contribution in [3.05, 3.63) is 34.9 Å². The van der Waals surface area contributed by atoms with Crippen LogP contribution in [0.4, 0.5) is 0 Å². The number of aliphatic hydroxyl groups excluding tert-OH is 1. The van der Waals surface area contributed by atoms with E-state index in [1.165, 1.54) is 6.20 Å². The number of allylic oxidation sites excluding steroid dienone is 1. The Balaban J connectivity index is 2.68. The summed E-state index contributed by atoms with van der Waals surface area (Å²) in [5.74, 6) is 0.0288. The van der Waals surface area contributed by atoms with E-state index in [4.69, 9.17) is 0 Å². The van der Waals surface area contributed by atoms with E-state index < -0.39 is 0 Å². The molecule has 24 heavy (non-hydrogen) atoms. The van der Waals surface area contributed by atoms with Gasteiger partial charge in [0.15, 0.2) is 0 Å². The molecule has 0 radical (unpaired) electrons. The first-order valence-corrected chi connectivity index (χ1v) is 7.74. The van der Waals surface area contributed by atoms with E-state index in [0.29, 0.717) is 23.4 Å². The SMILES string of the molecule is C=N/C(C)=C\N(C)CCCN(C=O)Cc1c(CO)cnc(C)c1O. The summed E-state index contributed by atoms with van der Waals surface area (Å²) in [5, 5.41) is 19.5. The van der Waals surface area contributed by atoms with Crippen molar-refractivity contribution in [2.45, 2.75) is 33.4 Å². The van der Waals surface area contributed by atoms with Crippen LogP contribution >= 0.6 is 0 Å². The Bertz CT molecular complexity index is 602. The van der Waals surface area contributed by atoms with Crippen LogP contribution in [0.1, 0.15) is 30.2 Å². The molecule has 1 heterocycles. The summed E-state index contributed by atoms with van der Waals surface area (Å²) < 4.78 is 0. The molecule has 1 amide bonds. The normalized spacial score (nSPS) is 11.2. The van der Waals surface area contributed by atoms with Gasteiger partial charge in [-0.25, -0.2) is 0 Å². The molecule has 0 spiro atoms. The lowest BCUT2D eigenvalue weighted by Crippen LogP contribution is -2.26. The molecule has 0 saturated carbocycles. The first kappa shape index (κ1) is 19.6. The molecule has 0 aliphatic carbocycles. The minimum atomic E-state index is -0.232. The van der Waals surface area contributed by atoms with Gasteiger partial charge in [0.2, 0.25) is 6.41 Å². The van der Waals surface area contributed by atoms with E-state index >= 15 is 0 Å². The fourth-order valence-corrected chi connectivity index (χ4v) is 2.32. The fraction of sp³-hybridized carbons (Fsp3) is 0.471. The zero-order chi connectivity index (χ0) is 18.1. The number of hydrogen-bond donors (Lipinski definition) is 2. The lowest BCUT2D eigenvalue weighted by molar-refractivity contribution is -0.118. The maximum atomic E-state index is 11.3. The fourth-order valence-electron chi connectivity index (χ4n) is 2.32. The molecule has 0 atom stereocenters. The number of aromatic nitrogens is 1. The van der Waals surface area contributed by atoms with Gasteiger partial charge in [0.25, 0.3) is 0 Å². The van der Waals surface area contributed by atoms with Crippen molar-refractivity contribution < 1.29 is 15.0 Å². The van der Waals surface area contributed by atoms with Gasteiger partial charge in [-0.2, -0.15) is 0 Å². The Kier molecular flexibility index (Phi) is 7.91. The molecule has 7 heteroatoms. The van der Waals surface area contributed by atoms with Crippen LogP contribution in [0.25, 0.3) is 0 Å². The highest BCUT2D eigenvalue weighted by Crippen LogP contribution is 2.25. The Morgan fingerprint density at radius 1 is 1.46 bits per heavy atom. The van der Waals surface area contributed by atoms with E-state index in [1.54, 1.807) is 11.8 Å². The van der Waals surface area contributed by atoms with E-state index in [2.05, 4.69) is 16.7 Å². The van der Waals surface area contributed by atoms with Gasteiger partial charge in [0.05, 0.1) is 18.0 Å². The van der Waals surface area contributed by atoms with Crippen LogP contribution in [-0.2, 0) is 17.9 Å². The number of aromatic hydroxyl groups is 1. The molecule has 0 bridgehead atoms. The molecule has 7 nitrogen and oxygen atoms in total. The lowest BCUT2D eigenvalue weighted by Gasteiger charge is -2.22. The monoisotopic (exact) mass is 334 g/mol. The van der Waals surface area contributed by atoms with Crippen LogP contribution in [0.5, 0.6) is 5.75 Å². The number of pyridine rings is 1. The number of carbonyl (C=O) groups is 1. The van der Waals surface area contributed by atoms with Crippen molar-refractivity contribution in [2.24, 2.45) is 4.99 Å². The van der Waals surface area contributed by atoms with Gasteiger partial charge >= 0.3 is 0 Å². The van der Waals surface area contributed by atoms with E-state index in [0.717, 1.165) is 25.1 Å². The second-order valence-electron chi connectivity index (χ2n) is 5.69. The van der Waals surface area contributed by atoms with Crippen LogP contribution in [-0.4, -0.2) is 58.3 Å². The number of hydrogen-bond acceptors (Lipinski definition) is 6. The maximum absolute atomic E-state index is 11.3. The van der Waals surface area contributed by atoms with Crippen molar-refractivity contribution in [1.82, 2.24) is 14.8 Å². The van der Waals surface area contributed by atoms with Crippen molar-refractivity contribution in [3.63, 3.8) is 0 Å². The molecule has 0 saturated heterocycles. The Hall–Kier alpha value is -2.41. The van der Waals surface area contributed by atoms with Gasteiger partial charge in [0, 0.05) is 50.2 Å².